The summed E-state index contributed by atoms with van der Waals surface area (Å²) in [6.07, 6.45) is 2.58. The molecule has 4 rings (SSSR count). The third kappa shape index (κ3) is 4.50. The van der Waals surface area contributed by atoms with E-state index in [1.807, 2.05) is 0 Å². The largest absolute Gasteiger partial charge is 0.416 e. The van der Waals surface area contributed by atoms with Crippen LogP contribution in [0.5, 0.6) is 0 Å². The molecule has 1 N–H and O–H groups in total. The second kappa shape index (κ2) is 8.57. The Morgan fingerprint density at radius 3 is 2.50 bits per heavy atom. The van der Waals surface area contributed by atoms with Crippen LogP contribution in [0.2, 0.25) is 5.02 Å². The van der Waals surface area contributed by atoms with E-state index in [0.717, 1.165) is 44.2 Å². The van der Waals surface area contributed by atoms with Crippen molar-refractivity contribution in [2.75, 3.05) is 23.3 Å². The molecule has 1 aromatic heterocycles. The minimum Gasteiger partial charge on any atom is -0.325 e. The van der Waals surface area contributed by atoms with E-state index >= 15 is 0 Å². The van der Waals surface area contributed by atoms with E-state index in [1.54, 1.807) is 0 Å². The Kier molecular flexibility index (Phi) is 5.98. The highest BCUT2D eigenvalue weighted by Gasteiger charge is 2.51. The molecular weight excluding hydrogens is 447 g/mol. The number of nitrogens with one attached hydrogen (secondary N) is 1. The smallest absolute Gasteiger partial charge is 0.325 e. The SMILES string of the molecule is O=C(CN1C(=O)N(c2ncc(Cl)cn2)CC12CCCCC2)Nc1cccc(C(F)(F)F)c1. The van der Waals surface area contributed by atoms with Gasteiger partial charge < -0.3 is 10.2 Å². The fourth-order valence-electron chi connectivity index (χ4n) is 4.39. The number of alkyl halides is 3. The lowest BCUT2D eigenvalue weighted by Crippen LogP contribution is -2.51. The summed E-state index contributed by atoms with van der Waals surface area (Å²) in [5.74, 6) is -0.369. The molecule has 2 heterocycles. The first-order chi connectivity index (χ1) is 15.2. The standard InChI is InChI=1S/C21H21ClF3N5O2/c22-15-10-26-18(27-11-15)29-13-20(7-2-1-3-8-20)30(19(29)32)12-17(31)28-16-6-4-5-14(9-16)21(23,24)25/h4-6,9-11H,1-3,7-8,12-13H2,(H,28,31). The van der Waals surface area contributed by atoms with Gasteiger partial charge in [0, 0.05) is 5.69 Å². The van der Waals surface area contributed by atoms with Crippen molar-refractivity contribution in [1.29, 1.82) is 0 Å². The van der Waals surface area contributed by atoms with Crippen molar-refractivity contribution in [2.24, 2.45) is 0 Å². The van der Waals surface area contributed by atoms with Crippen LogP contribution in [0.3, 0.4) is 0 Å². The summed E-state index contributed by atoms with van der Waals surface area (Å²) in [6.45, 7) is 0.0590. The summed E-state index contributed by atoms with van der Waals surface area (Å²) in [5, 5.41) is 2.82. The third-order valence-corrected chi connectivity index (χ3v) is 6.09. The van der Waals surface area contributed by atoms with Crippen molar-refractivity contribution in [3.05, 3.63) is 47.2 Å². The van der Waals surface area contributed by atoms with E-state index in [4.69, 9.17) is 11.6 Å². The van der Waals surface area contributed by atoms with Gasteiger partial charge in [-0.25, -0.2) is 14.8 Å². The normalized spacial score (nSPS) is 18.3. The fourth-order valence-corrected chi connectivity index (χ4v) is 4.49. The van der Waals surface area contributed by atoms with Gasteiger partial charge in [0.05, 0.1) is 35.1 Å². The number of halogens is 4. The van der Waals surface area contributed by atoms with Crippen molar-refractivity contribution < 1.29 is 22.8 Å². The number of hydrogen-bond acceptors (Lipinski definition) is 4. The number of amides is 3. The second-order valence-corrected chi connectivity index (χ2v) is 8.50. The summed E-state index contributed by atoms with van der Waals surface area (Å²) in [6, 6.07) is 3.99. The zero-order chi connectivity index (χ0) is 22.9. The Hall–Kier alpha value is -2.88. The molecule has 2 fully saturated rings. The first-order valence-electron chi connectivity index (χ1n) is 10.2. The molecule has 0 unspecified atom stereocenters. The third-order valence-electron chi connectivity index (χ3n) is 5.89. The molecule has 7 nitrogen and oxygen atoms in total. The molecule has 32 heavy (non-hydrogen) atoms. The molecule has 1 saturated heterocycles. The van der Waals surface area contributed by atoms with E-state index in [1.165, 1.54) is 34.3 Å². The van der Waals surface area contributed by atoms with Crippen LogP contribution in [0, 0.1) is 0 Å². The molecule has 2 aliphatic rings. The van der Waals surface area contributed by atoms with Crippen molar-refractivity contribution in [3.63, 3.8) is 0 Å². The minimum absolute atomic E-state index is 0.0204. The van der Waals surface area contributed by atoms with Crippen LogP contribution in [-0.4, -0.2) is 45.4 Å². The highest BCUT2D eigenvalue weighted by Crippen LogP contribution is 2.40. The Bertz CT molecular complexity index is 1010. The van der Waals surface area contributed by atoms with Gasteiger partial charge >= 0.3 is 12.2 Å². The molecule has 1 aromatic carbocycles. The Balaban J connectivity index is 1.54. The summed E-state index contributed by atoms with van der Waals surface area (Å²) in [5.41, 5.74) is -1.39. The zero-order valence-corrected chi connectivity index (χ0v) is 17.8. The van der Waals surface area contributed by atoms with Crippen molar-refractivity contribution >= 4 is 35.2 Å². The number of rotatable bonds is 4. The van der Waals surface area contributed by atoms with Gasteiger partial charge in [-0.15, -0.1) is 0 Å². The lowest BCUT2D eigenvalue weighted by atomic mass is 9.81. The van der Waals surface area contributed by atoms with E-state index < -0.39 is 29.2 Å². The first kappa shape index (κ1) is 22.3. The van der Waals surface area contributed by atoms with Gasteiger partial charge in [0.2, 0.25) is 11.9 Å². The number of nitrogens with zero attached hydrogens (tertiary/aromatic N) is 4. The molecule has 3 amide bonds. The van der Waals surface area contributed by atoms with Crippen LogP contribution >= 0.6 is 11.6 Å². The molecule has 1 spiro atoms. The molecule has 170 valence electrons. The van der Waals surface area contributed by atoms with Gasteiger partial charge in [0.15, 0.2) is 0 Å². The van der Waals surface area contributed by atoms with Crippen LogP contribution in [0.1, 0.15) is 37.7 Å². The van der Waals surface area contributed by atoms with Gasteiger partial charge in [-0.2, -0.15) is 13.2 Å². The predicted octanol–water partition coefficient (Wildman–Crippen LogP) is 4.73. The molecule has 0 radical (unpaired) electrons. The molecule has 1 saturated carbocycles. The molecule has 11 heteroatoms. The Morgan fingerprint density at radius 1 is 1.16 bits per heavy atom. The van der Waals surface area contributed by atoms with Crippen molar-refractivity contribution in [1.82, 2.24) is 14.9 Å². The van der Waals surface area contributed by atoms with Crippen LogP contribution in [0.25, 0.3) is 0 Å². The Morgan fingerprint density at radius 2 is 1.84 bits per heavy atom. The molecular formula is C21H21ClF3N5O2. The highest BCUT2D eigenvalue weighted by molar-refractivity contribution is 6.30. The van der Waals surface area contributed by atoms with Gasteiger partial charge in [-0.3, -0.25) is 9.69 Å². The van der Waals surface area contributed by atoms with Gasteiger partial charge in [0.1, 0.15) is 6.54 Å². The van der Waals surface area contributed by atoms with Crippen LogP contribution in [0.15, 0.2) is 36.7 Å². The fraction of sp³-hybridized carbons (Fsp3) is 0.429. The van der Waals surface area contributed by atoms with Crippen molar-refractivity contribution in [2.45, 2.75) is 43.8 Å². The number of carbonyl (C=O) groups is 2. The summed E-state index contributed by atoms with van der Waals surface area (Å²) in [4.78, 5) is 37.2. The number of urea groups is 1. The summed E-state index contributed by atoms with van der Waals surface area (Å²) < 4.78 is 38.9. The molecule has 1 aliphatic carbocycles. The number of benzene rings is 1. The summed E-state index contributed by atoms with van der Waals surface area (Å²) >= 11 is 5.85. The van der Waals surface area contributed by atoms with E-state index in [-0.39, 0.29) is 18.2 Å². The predicted molar refractivity (Wildman–Crippen MR) is 112 cm³/mol. The van der Waals surface area contributed by atoms with Crippen LogP contribution < -0.4 is 10.2 Å². The monoisotopic (exact) mass is 467 g/mol. The quantitative estimate of drug-likeness (QED) is 0.705. The highest BCUT2D eigenvalue weighted by atomic mass is 35.5. The lowest BCUT2D eigenvalue weighted by molar-refractivity contribution is -0.137. The molecule has 0 bridgehead atoms. The number of carbonyl (C=O) groups excluding carboxylic acids is 2. The zero-order valence-electron chi connectivity index (χ0n) is 17.0. The Labute approximate surface area is 187 Å². The van der Waals surface area contributed by atoms with Crippen molar-refractivity contribution in [3.8, 4) is 0 Å². The minimum atomic E-state index is -4.52. The molecule has 0 atom stereocenters. The number of aromatic nitrogens is 2. The maximum atomic E-state index is 13.2. The topological polar surface area (TPSA) is 78.4 Å². The average Bonchev–Trinajstić information content (AvgIpc) is 3.00. The second-order valence-electron chi connectivity index (χ2n) is 8.07. The van der Waals surface area contributed by atoms with Gasteiger partial charge in [0.25, 0.3) is 0 Å². The lowest BCUT2D eigenvalue weighted by Gasteiger charge is -2.39. The van der Waals surface area contributed by atoms with Gasteiger partial charge in [-0.1, -0.05) is 36.9 Å². The summed E-state index contributed by atoms with van der Waals surface area (Å²) in [7, 11) is 0. The first-order valence-corrected chi connectivity index (χ1v) is 10.6. The maximum Gasteiger partial charge on any atom is 0.416 e. The van der Waals surface area contributed by atoms with Crippen LogP contribution in [0.4, 0.5) is 29.6 Å². The van der Waals surface area contributed by atoms with E-state index in [9.17, 15) is 22.8 Å². The van der Waals surface area contributed by atoms with Crippen LogP contribution in [-0.2, 0) is 11.0 Å². The van der Waals surface area contributed by atoms with E-state index in [2.05, 4.69) is 15.3 Å². The molecule has 1 aliphatic heterocycles. The average molecular weight is 468 g/mol. The number of hydrogen-bond donors (Lipinski definition) is 1. The maximum absolute atomic E-state index is 13.2. The molecule has 2 aromatic rings. The van der Waals surface area contributed by atoms with E-state index in [0.29, 0.717) is 11.6 Å². The van der Waals surface area contributed by atoms with Gasteiger partial charge in [-0.05, 0) is 31.0 Å². The number of anilines is 2.